The Balaban J connectivity index is 1.76. The maximum atomic E-state index is 11.9. The Kier molecular flexibility index (Phi) is 6.64. The summed E-state index contributed by atoms with van der Waals surface area (Å²) in [6.07, 6.45) is 1.51. The molecular weight excluding hydrogens is 382 g/mol. The quantitative estimate of drug-likeness (QED) is 0.499. The summed E-state index contributed by atoms with van der Waals surface area (Å²) >= 11 is 5.25. The lowest BCUT2D eigenvalue weighted by Crippen LogP contribution is -2.34. The van der Waals surface area contributed by atoms with E-state index in [4.69, 9.17) is 16.6 Å². The lowest BCUT2D eigenvalue weighted by atomic mass is 9.98. The highest BCUT2D eigenvalue weighted by Crippen LogP contribution is 2.29. The first-order chi connectivity index (χ1) is 13.9. The number of hydrogen-bond donors (Lipinski definition) is 2. The van der Waals surface area contributed by atoms with Crippen LogP contribution in [0.1, 0.15) is 52.0 Å². The van der Waals surface area contributed by atoms with Gasteiger partial charge in [-0.1, -0.05) is 39.8 Å². The monoisotopic (exact) mass is 409 g/mol. The van der Waals surface area contributed by atoms with Gasteiger partial charge in [0.25, 0.3) is 0 Å². The maximum Gasteiger partial charge on any atom is 0.227 e. The van der Waals surface area contributed by atoms with Crippen molar-refractivity contribution in [3.8, 4) is 11.5 Å². The van der Waals surface area contributed by atoms with Crippen molar-refractivity contribution in [3.63, 3.8) is 0 Å². The van der Waals surface area contributed by atoms with Gasteiger partial charge >= 0.3 is 0 Å². The molecule has 0 aliphatic heterocycles. The molecule has 1 atom stereocenters. The van der Waals surface area contributed by atoms with Crippen LogP contribution in [-0.2, 0) is 4.79 Å². The van der Waals surface area contributed by atoms with Crippen LogP contribution in [0.2, 0.25) is 0 Å². The molecule has 0 aliphatic rings. The van der Waals surface area contributed by atoms with Crippen LogP contribution in [-0.4, -0.2) is 16.0 Å². The molecular formula is C23H27N3O2S. The Labute approximate surface area is 176 Å². The third kappa shape index (κ3) is 5.41. The Morgan fingerprint density at radius 2 is 1.97 bits per heavy atom. The Hall–Kier alpha value is -2.73. The Morgan fingerprint density at radius 1 is 1.17 bits per heavy atom. The van der Waals surface area contributed by atoms with E-state index in [0.29, 0.717) is 18.2 Å². The highest BCUT2D eigenvalue weighted by Gasteiger charge is 2.12. The van der Waals surface area contributed by atoms with Crippen molar-refractivity contribution in [2.45, 2.75) is 46.5 Å². The van der Waals surface area contributed by atoms with Gasteiger partial charge in [0.15, 0.2) is 10.7 Å². The molecule has 29 heavy (non-hydrogen) atoms. The van der Waals surface area contributed by atoms with Gasteiger partial charge in [0.2, 0.25) is 11.8 Å². The third-order valence-corrected chi connectivity index (χ3v) is 5.01. The lowest BCUT2D eigenvalue weighted by molar-refractivity contribution is -0.120. The normalized spacial score (nSPS) is 12.2. The van der Waals surface area contributed by atoms with Crippen molar-refractivity contribution >= 4 is 40.0 Å². The molecule has 1 heterocycles. The number of carbonyl (C=O) groups excluding carboxylic acids is 1. The molecule has 2 aromatic carbocycles. The van der Waals surface area contributed by atoms with E-state index in [1.807, 2.05) is 44.2 Å². The number of oxazole rings is 1. The molecule has 1 aromatic heterocycles. The summed E-state index contributed by atoms with van der Waals surface area (Å²) in [6.45, 7) is 8.37. The van der Waals surface area contributed by atoms with Gasteiger partial charge in [0, 0.05) is 17.7 Å². The standard InChI is InChI=1S/C23H27N3O2S/c1-5-15(4)16-9-10-20-19(13-16)25-22(28-20)17-7-6-8-18(12-17)24-23(29)26-21(27)11-14(2)3/h6-10,12-15H,5,11H2,1-4H3,(H2,24,26,27,29)/t15-/m1/s1. The summed E-state index contributed by atoms with van der Waals surface area (Å²) in [4.78, 5) is 16.5. The Bertz CT molecular complexity index is 1030. The largest absolute Gasteiger partial charge is 0.436 e. The molecule has 0 aliphatic carbocycles. The maximum absolute atomic E-state index is 11.9. The number of thiocarbonyl (C=S) groups is 1. The second-order valence-corrected chi connectivity index (χ2v) is 8.14. The molecule has 0 fully saturated rings. The van der Waals surface area contributed by atoms with Gasteiger partial charge < -0.3 is 15.1 Å². The van der Waals surface area contributed by atoms with E-state index in [0.717, 1.165) is 28.8 Å². The van der Waals surface area contributed by atoms with Gasteiger partial charge in [-0.3, -0.25) is 4.79 Å². The van der Waals surface area contributed by atoms with Crippen LogP contribution < -0.4 is 10.6 Å². The van der Waals surface area contributed by atoms with Gasteiger partial charge in [-0.2, -0.15) is 0 Å². The Morgan fingerprint density at radius 3 is 2.69 bits per heavy atom. The van der Waals surface area contributed by atoms with Crippen molar-refractivity contribution in [2.75, 3.05) is 5.32 Å². The highest BCUT2D eigenvalue weighted by atomic mass is 32.1. The molecule has 1 amide bonds. The molecule has 5 nitrogen and oxygen atoms in total. The van der Waals surface area contributed by atoms with Crippen LogP contribution in [0.5, 0.6) is 0 Å². The zero-order valence-corrected chi connectivity index (χ0v) is 18.1. The van der Waals surface area contributed by atoms with E-state index in [9.17, 15) is 4.79 Å². The highest BCUT2D eigenvalue weighted by molar-refractivity contribution is 7.80. The molecule has 3 aromatic rings. The summed E-state index contributed by atoms with van der Waals surface area (Å²) < 4.78 is 5.95. The number of carbonyl (C=O) groups is 1. The van der Waals surface area contributed by atoms with Crippen LogP contribution >= 0.6 is 12.2 Å². The fourth-order valence-corrected chi connectivity index (χ4v) is 3.28. The number of rotatable bonds is 6. The smallest absolute Gasteiger partial charge is 0.227 e. The van der Waals surface area contributed by atoms with Crippen LogP contribution in [0.25, 0.3) is 22.6 Å². The van der Waals surface area contributed by atoms with Gasteiger partial charge in [0.05, 0.1) is 0 Å². The second-order valence-electron chi connectivity index (χ2n) is 7.74. The summed E-state index contributed by atoms with van der Waals surface area (Å²) in [5.41, 5.74) is 4.49. The minimum Gasteiger partial charge on any atom is -0.436 e. The molecule has 3 rings (SSSR count). The number of benzene rings is 2. The molecule has 0 bridgehead atoms. The predicted molar refractivity (Wildman–Crippen MR) is 122 cm³/mol. The fourth-order valence-electron chi connectivity index (χ4n) is 3.05. The van der Waals surface area contributed by atoms with Crippen molar-refractivity contribution < 1.29 is 9.21 Å². The van der Waals surface area contributed by atoms with Gasteiger partial charge in [0.1, 0.15) is 5.52 Å². The van der Waals surface area contributed by atoms with E-state index >= 15 is 0 Å². The lowest BCUT2D eigenvalue weighted by Gasteiger charge is -2.11. The second kappa shape index (κ2) is 9.18. The van der Waals surface area contributed by atoms with E-state index < -0.39 is 0 Å². The van der Waals surface area contributed by atoms with Crippen molar-refractivity contribution in [1.29, 1.82) is 0 Å². The van der Waals surface area contributed by atoms with Crippen molar-refractivity contribution in [3.05, 3.63) is 48.0 Å². The summed E-state index contributed by atoms with van der Waals surface area (Å²) in [5.74, 6) is 1.23. The zero-order chi connectivity index (χ0) is 21.0. The first-order valence-corrected chi connectivity index (χ1v) is 10.4. The average molecular weight is 410 g/mol. The zero-order valence-electron chi connectivity index (χ0n) is 17.3. The molecule has 152 valence electrons. The number of hydrogen-bond acceptors (Lipinski definition) is 4. The van der Waals surface area contributed by atoms with E-state index in [2.05, 4.69) is 41.6 Å². The molecule has 2 N–H and O–H groups in total. The number of aromatic nitrogens is 1. The molecule has 0 spiro atoms. The predicted octanol–water partition coefficient (Wildman–Crippen LogP) is 5.87. The summed E-state index contributed by atoms with van der Waals surface area (Å²) in [6, 6.07) is 13.8. The first-order valence-electron chi connectivity index (χ1n) is 9.97. The van der Waals surface area contributed by atoms with Crippen LogP contribution in [0.15, 0.2) is 46.9 Å². The minimum absolute atomic E-state index is 0.0929. The number of anilines is 1. The molecule has 0 saturated heterocycles. The van der Waals surface area contributed by atoms with Crippen molar-refractivity contribution in [2.24, 2.45) is 5.92 Å². The first kappa shape index (κ1) is 21.0. The topological polar surface area (TPSA) is 67.2 Å². The minimum atomic E-state index is -0.0929. The van der Waals surface area contributed by atoms with E-state index in [1.165, 1.54) is 5.56 Å². The number of amides is 1. The molecule has 0 saturated carbocycles. The van der Waals surface area contributed by atoms with Crippen LogP contribution in [0, 0.1) is 5.92 Å². The summed E-state index contributed by atoms with van der Waals surface area (Å²) in [7, 11) is 0. The van der Waals surface area contributed by atoms with Gasteiger partial charge in [-0.05, 0) is 66.4 Å². The molecule has 0 radical (unpaired) electrons. The van der Waals surface area contributed by atoms with Gasteiger partial charge in [-0.25, -0.2) is 4.98 Å². The van der Waals surface area contributed by atoms with E-state index in [-0.39, 0.29) is 16.9 Å². The van der Waals surface area contributed by atoms with Crippen LogP contribution in [0.4, 0.5) is 5.69 Å². The third-order valence-electron chi connectivity index (χ3n) is 4.81. The SMILES string of the molecule is CC[C@@H](C)c1ccc2oc(-c3cccc(NC(=S)NC(=O)CC(C)C)c3)nc2c1. The number of fused-ring (bicyclic) bond motifs is 1. The van der Waals surface area contributed by atoms with Crippen LogP contribution in [0.3, 0.4) is 0 Å². The molecule has 6 heteroatoms. The van der Waals surface area contributed by atoms with Crippen molar-refractivity contribution in [1.82, 2.24) is 10.3 Å². The fraction of sp³-hybridized carbons (Fsp3) is 0.348. The van der Waals surface area contributed by atoms with Gasteiger partial charge in [-0.15, -0.1) is 0 Å². The number of nitrogens with one attached hydrogen (secondary N) is 2. The van der Waals surface area contributed by atoms with E-state index in [1.54, 1.807) is 0 Å². The number of nitrogens with zero attached hydrogens (tertiary/aromatic N) is 1. The summed E-state index contributed by atoms with van der Waals surface area (Å²) in [5, 5.41) is 6.04. The molecule has 0 unspecified atom stereocenters. The average Bonchev–Trinajstić information content (AvgIpc) is 3.10.